The molecule has 0 atom stereocenters. The van der Waals surface area contributed by atoms with Crippen molar-refractivity contribution in [3.63, 3.8) is 0 Å². The number of benzene rings is 1. The maximum absolute atomic E-state index is 12.2. The van der Waals surface area contributed by atoms with Crippen molar-refractivity contribution in [1.29, 1.82) is 0 Å². The average molecular weight is 400 g/mol. The van der Waals surface area contributed by atoms with Crippen LogP contribution in [-0.2, 0) is 11.3 Å². The Kier molecular flexibility index (Phi) is 5.04. The van der Waals surface area contributed by atoms with Gasteiger partial charge in [-0.1, -0.05) is 28.1 Å². The first-order valence-electron chi connectivity index (χ1n) is 7.48. The van der Waals surface area contributed by atoms with Crippen LogP contribution in [0.4, 0.5) is 0 Å². The Morgan fingerprint density at radius 2 is 2.12 bits per heavy atom. The van der Waals surface area contributed by atoms with E-state index in [0.717, 1.165) is 15.7 Å². The minimum absolute atomic E-state index is 0.118. The molecule has 0 bridgehead atoms. The largest absolute Gasteiger partial charge is 0.711 e. The van der Waals surface area contributed by atoms with E-state index in [0.29, 0.717) is 16.0 Å². The number of nitrogens with zero attached hydrogens (tertiary/aromatic N) is 3. The monoisotopic (exact) mass is 399 g/mol. The lowest BCUT2D eigenvalue weighted by atomic mass is 10.1. The molecule has 2 heterocycles. The molecule has 6 nitrogen and oxygen atoms in total. The van der Waals surface area contributed by atoms with Gasteiger partial charge in [0.2, 0.25) is 0 Å². The van der Waals surface area contributed by atoms with Crippen molar-refractivity contribution >= 4 is 21.9 Å². The van der Waals surface area contributed by atoms with Gasteiger partial charge in [-0.3, -0.25) is 4.98 Å². The second-order valence-electron chi connectivity index (χ2n) is 5.28. The highest BCUT2D eigenvalue weighted by Gasteiger charge is 2.16. The fourth-order valence-electron chi connectivity index (χ4n) is 2.28. The van der Waals surface area contributed by atoms with Crippen molar-refractivity contribution in [2.75, 3.05) is 0 Å². The summed E-state index contributed by atoms with van der Waals surface area (Å²) >= 11 is 3.43. The molecule has 2 aromatic heterocycles. The van der Waals surface area contributed by atoms with Crippen LogP contribution in [0.3, 0.4) is 0 Å². The van der Waals surface area contributed by atoms with Crippen LogP contribution in [0.25, 0.3) is 11.3 Å². The third-order valence-electron chi connectivity index (χ3n) is 3.54. The second-order valence-corrected chi connectivity index (χ2v) is 6.19. The Morgan fingerprint density at radius 1 is 1.28 bits per heavy atom. The average Bonchev–Trinajstić information content (AvgIpc) is 2.60. The lowest BCUT2D eigenvalue weighted by Gasteiger charge is -2.09. The number of hydrogen-bond donors (Lipinski definition) is 0. The SMILES string of the molecule is Cc1nc(-c2cccc(Br)c2)ccc1C(=O)OCc1nccc[n+]1[O-]. The molecule has 3 aromatic rings. The molecule has 7 heteroatoms. The normalized spacial score (nSPS) is 10.5. The maximum Gasteiger partial charge on any atom is 0.340 e. The van der Waals surface area contributed by atoms with Gasteiger partial charge in [0.1, 0.15) is 6.20 Å². The summed E-state index contributed by atoms with van der Waals surface area (Å²) in [5, 5.41) is 11.5. The highest BCUT2D eigenvalue weighted by molar-refractivity contribution is 9.10. The van der Waals surface area contributed by atoms with E-state index >= 15 is 0 Å². The molecule has 0 saturated heterocycles. The first-order valence-corrected chi connectivity index (χ1v) is 8.27. The summed E-state index contributed by atoms with van der Waals surface area (Å²) in [4.78, 5) is 20.6. The van der Waals surface area contributed by atoms with Gasteiger partial charge in [0, 0.05) is 16.1 Å². The molecule has 25 heavy (non-hydrogen) atoms. The molecule has 0 unspecified atom stereocenters. The highest BCUT2D eigenvalue weighted by atomic mass is 79.9. The smallest absolute Gasteiger partial charge is 0.340 e. The van der Waals surface area contributed by atoms with Crippen LogP contribution >= 0.6 is 15.9 Å². The summed E-state index contributed by atoms with van der Waals surface area (Å²) in [6.45, 7) is 1.54. The molecule has 0 amide bonds. The molecule has 0 aliphatic carbocycles. The van der Waals surface area contributed by atoms with Crippen LogP contribution in [0.15, 0.2) is 59.3 Å². The lowest BCUT2D eigenvalue weighted by molar-refractivity contribution is -0.620. The van der Waals surface area contributed by atoms with Gasteiger partial charge in [0.15, 0.2) is 6.61 Å². The Labute approximate surface area is 152 Å². The molecule has 3 rings (SSSR count). The number of rotatable bonds is 4. The summed E-state index contributed by atoms with van der Waals surface area (Å²) in [6, 6.07) is 12.7. The zero-order valence-corrected chi connectivity index (χ0v) is 14.9. The quantitative estimate of drug-likeness (QED) is 0.382. The van der Waals surface area contributed by atoms with Crippen LogP contribution in [0.2, 0.25) is 0 Å². The Hall–Kier alpha value is -2.80. The Balaban J connectivity index is 1.76. The summed E-state index contributed by atoms with van der Waals surface area (Å²) in [6.07, 6.45) is 2.77. The topological polar surface area (TPSA) is 79.0 Å². The van der Waals surface area contributed by atoms with Crippen molar-refractivity contribution in [1.82, 2.24) is 9.97 Å². The number of halogens is 1. The van der Waals surface area contributed by atoms with E-state index in [1.165, 1.54) is 18.5 Å². The van der Waals surface area contributed by atoms with Crippen LogP contribution in [0, 0.1) is 12.1 Å². The number of carbonyl (C=O) groups is 1. The van der Waals surface area contributed by atoms with Gasteiger partial charge >= 0.3 is 11.8 Å². The van der Waals surface area contributed by atoms with Crippen LogP contribution in [-0.4, -0.2) is 15.9 Å². The van der Waals surface area contributed by atoms with E-state index in [-0.39, 0.29) is 12.4 Å². The molecule has 1 aromatic carbocycles. The van der Waals surface area contributed by atoms with Crippen molar-refractivity contribution in [3.8, 4) is 11.3 Å². The summed E-state index contributed by atoms with van der Waals surface area (Å²) in [5.74, 6) is -0.427. The zero-order chi connectivity index (χ0) is 17.8. The van der Waals surface area contributed by atoms with Gasteiger partial charge in [-0.25, -0.2) is 9.52 Å². The van der Waals surface area contributed by atoms with Gasteiger partial charge in [0.05, 0.1) is 23.1 Å². The first kappa shape index (κ1) is 17.0. The fourth-order valence-corrected chi connectivity index (χ4v) is 2.68. The number of esters is 1. The van der Waals surface area contributed by atoms with E-state index < -0.39 is 5.97 Å². The number of aryl methyl sites for hydroxylation is 1. The molecule has 0 saturated carbocycles. The van der Waals surface area contributed by atoms with E-state index in [1.807, 2.05) is 24.3 Å². The molecule has 0 spiro atoms. The highest BCUT2D eigenvalue weighted by Crippen LogP contribution is 2.22. The van der Waals surface area contributed by atoms with Crippen LogP contribution in [0.5, 0.6) is 0 Å². The lowest BCUT2D eigenvalue weighted by Crippen LogP contribution is -2.33. The number of aromatic nitrogens is 3. The van der Waals surface area contributed by atoms with Crippen LogP contribution in [0.1, 0.15) is 21.9 Å². The predicted molar refractivity (Wildman–Crippen MR) is 94.4 cm³/mol. The van der Waals surface area contributed by atoms with E-state index in [2.05, 4.69) is 25.9 Å². The summed E-state index contributed by atoms with van der Waals surface area (Å²) in [5.41, 5.74) is 2.61. The van der Waals surface area contributed by atoms with Crippen molar-refractivity contribution in [2.45, 2.75) is 13.5 Å². The summed E-state index contributed by atoms with van der Waals surface area (Å²) in [7, 11) is 0. The maximum atomic E-state index is 12.2. The minimum atomic E-state index is -0.545. The van der Waals surface area contributed by atoms with Crippen molar-refractivity contribution in [2.24, 2.45) is 0 Å². The fraction of sp³-hybridized carbons (Fsp3) is 0.111. The van der Waals surface area contributed by atoms with Crippen LogP contribution < -0.4 is 4.73 Å². The number of pyridine rings is 1. The van der Waals surface area contributed by atoms with E-state index in [1.54, 1.807) is 19.1 Å². The van der Waals surface area contributed by atoms with Gasteiger partial charge < -0.3 is 9.94 Å². The van der Waals surface area contributed by atoms with E-state index in [9.17, 15) is 10.0 Å². The second kappa shape index (κ2) is 7.40. The van der Waals surface area contributed by atoms with Crippen molar-refractivity contribution in [3.05, 3.63) is 81.6 Å². The number of carbonyl (C=O) groups excluding carboxylic acids is 1. The third-order valence-corrected chi connectivity index (χ3v) is 4.04. The zero-order valence-electron chi connectivity index (χ0n) is 13.3. The molecule has 126 valence electrons. The van der Waals surface area contributed by atoms with Gasteiger partial charge in [-0.2, -0.15) is 0 Å². The van der Waals surface area contributed by atoms with Gasteiger partial charge in [-0.15, -0.1) is 0 Å². The molecule has 0 N–H and O–H groups in total. The summed E-state index contributed by atoms with van der Waals surface area (Å²) < 4.78 is 6.69. The Morgan fingerprint density at radius 3 is 2.84 bits per heavy atom. The molecule has 0 aliphatic rings. The number of hydrogen-bond acceptors (Lipinski definition) is 5. The first-order chi connectivity index (χ1) is 12.0. The van der Waals surface area contributed by atoms with E-state index in [4.69, 9.17) is 4.74 Å². The molecule has 0 radical (unpaired) electrons. The standard InChI is InChI=1S/C18H14BrN3O3/c1-12-15(18(23)25-11-17-20-8-3-9-22(17)24)6-7-16(21-12)13-4-2-5-14(19)10-13/h2-10H,11H2,1H3. The molecule has 0 aliphatic heterocycles. The number of ether oxygens (including phenoxy) is 1. The molecule has 0 fully saturated rings. The van der Waals surface area contributed by atoms with Gasteiger partial charge in [-0.05, 0) is 36.2 Å². The molecular weight excluding hydrogens is 386 g/mol. The minimum Gasteiger partial charge on any atom is -0.711 e. The molecular formula is C18H14BrN3O3. The predicted octanol–water partition coefficient (Wildman–Crippen LogP) is 3.20. The third kappa shape index (κ3) is 4.00. The Bertz CT molecular complexity index is 931. The van der Waals surface area contributed by atoms with Gasteiger partial charge in [0.25, 0.3) is 0 Å². The van der Waals surface area contributed by atoms with Crippen molar-refractivity contribution < 1.29 is 14.3 Å².